The number of hydrogen-bond acceptors (Lipinski definition) is 2. The first-order valence-electron chi connectivity index (χ1n) is 4.13. The predicted octanol–water partition coefficient (Wildman–Crippen LogP) is 2.09. The van der Waals surface area contributed by atoms with Crippen LogP contribution in [-0.4, -0.2) is 12.5 Å². The highest BCUT2D eigenvalue weighted by Crippen LogP contribution is 2.18. The second kappa shape index (κ2) is 5.38. The summed E-state index contributed by atoms with van der Waals surface area (Å²) in [6.45, 7) is 0. The molecule has 0 aromatic heterocycles. The zero-order valence-electron chi connectivity index (χ0n) is 7.38. The second-order valence-corrected chi connectivity index (χ2v) is 3.76. The minimum atomic E-state index is -2.47. The molecular formula is C9H11BrF2N2. The summed E-state index contributed by atoms with van der Waals surface area (Å²) in [5.41, 5.74) is 2.92. The molecule has 2 nitrogen and oxygen atoms in total. The van der Waals surface area contributed by atoms with E-state index < -0.39 is 12.5 Å². The lowest BCUT2D eigenvalue weighted by Gasteiger charge is -2.15. The third-order valence-corrected chi connectivity index (χ3v) is 2.69. The fourth-order valence-corrected chi connectivity index (χ4v) is 1.57. The number of nitrogens with one attached hydrogen (secondary N) is 1. The number of benzene rings is 1. The molecule has 0 aliphatic carbocycles. The Morgan fingerprint density at radius 3 is 2.50 bits per heavy atom. The van der Waals surface area contributed by atoms with Crippen LogP contribution in [0.3, 0.4) is 0 Å². The van der Waals surface area contributed by atoms with E-state index in [0.29, 0.717) is 0 Å². The molecule has 0 radical (unpaired) electrons. The molecule has 5 heteroatoms. The number of halogens is 3. The summed E-state index contributed by atoms with van der Waals surface area (Å²) >= 11 is 3.29. The Hall–Kier alpha value is -0.520. The van der Waals surface area contributed by atoms with Crippen LogP contribution < -0.4 is 11.3 Å². The van der Waals surface area contributed by atoms with Crippen molar-refractivity contribution in [1.82, 2.24) is 5.43 Å². The van der Waals surface area contributed by atoms with Crippen molar-refractivity contribution in [3.8, 4) is 0 Å². The summed E-state index contributed by atoms with van der Waals surface area (Å²) in [5.74, 6) is 5.03. The third kappa shape index (κ3) is 3.01. The maximum Gasteiger partial charge on any atom is 0.255 e. The number of alkyl halides is 2. The van der Waals surface area contributed by atoms with Crippen molar-refractivity contribution in [3.63, 3.8) is 0 Å². The minimum Gasteiger partial charge on any atom is -0.271 e. The maximum atomic E-state index is 12.4. The lowest BCUT2D eigenvalue weighted by molar-refractivity contribution is 0.0984. The van der Waals surface area contributed by atoms with E-state index >= 15 is 0 Å². The van der Waals surface area contributed by atoms with E-state index in [1.54, 1.807) is 12.1 Å². The van der Waals surface area contributed by atoms with Gasteiger partial charge in [-0.25, -0.2) is 8.78 Å². The fourth-order valence-electron chi connectivity index (χ4n) is 1.12. The number of hydrazine groups is 1. The molecule has 0 saturated carbocycles. The lowest BCUT2D eigenvalue weighted by Crippen LogP contribution is -2.42. The molecule has 0 aliphatic heterocycles. The molecule has 78 valence electrons. The molecule has 0 aliphatic rings. The Morgan fingerprint density at radius 1 is 1.36 bits per heavy atom. The Bertz CT molecular complexity index is 294. The van der Waals surface area contributed by atoms with E-state index in [1.165, 1.54) is 0 Å². The summed E-state index contributed by atoms with van der Waals surface area (Å²) in [6, 6.07) is 6.24. The lowest BCUT2D eigenvalue weighted by atomic mass is 10.1. The van der Waals surface area contributed by atoms with Gasteiger partial charge in [-0.2, -0.15) is 0 Å². The second-order valence-electron chi connectivity index (χ2n) is 2.90. The normalized spacial score (nSPS) is 13.2. The first-order valence-corrected chi connectivity index (χ1v) is 4.92. The van der Waals surface area contributed by atoms with Crippen molar-refractivity contribution in [3.05, 3.63) is 34.3 Å². The average Bonchev–Trinajstić information content (AvgIpc) is 2.16. The average molecular weight is 265 g/mol. The van der Waals surface area contributed by atoms with E-state index in [0.717, 1.165) is 10.0 Å². The van der Waals surface area contributed by atoms with Gasteiger partial charge < -0.3 is 0 Å². The van der Waals surface area contributed by atoms with Crippen LogP contribution in [-0.2, 0) is 6.42 Å². The Labute approximate surface area is 89.6 Å². The molecule has 0 bridgehead atoms. The van der Waals surface area contributed by atoms with Crippen molar-refractivity contribution in [2.45, 2.75) is 18.9 Å². The SMILES string of the molecule is NNC(Cc1ccccc1Br)C(F)F. The van der Waals surface area contributed by atoms with Gasteiger partial charge in [0.1, 0.15) is 0 Å². The molecule has 0 fully saturated rings. The van der Waals surface area contributed by atoms with E-state index in [4.69, 9.17) is 5.84 Å². The molecule has 0 saturated heterocycles. The molecular weight excluding hydrogens is 254 g/mol. The van der Waals surface area contributed by atoms with E-state index in [9.17, 15) is 8.78 Å². The molecule has 1 aromatic rings. The highest BCUT2D eigenvalue weighted by Gasteiger charge is 2.19. The van der Waals surface area contributed by atoms with Gasteiger partial charge in [0.25, 0.3) is 6.43 Å². The van der Waals surface area contributed by atoms with Gasteiger partial charge in [-0.1, -0.05) is 34.1 Å². The molecule has 3 N–H and O–H groups in total. The Balaban J connectivity index is 2.72. The van der Waals surface area contributed by atoms with Crippen LogP contribution >= 0.6 is 15.9 Å². The van der Waals surface area contributed by atoms with Gasteiger partial charge in [0, 0.05) is 4.47 Å². The van der Waals surface area contributed by atoms with Crippen molar-refractivity contribution in [2.24, 2.45) is 5.84 Å². The van der Waals surface area contributed by atoms with Crippen LogP contribution in [0.5, 0.6) is 0 Å². The summed E-state index contributed by atoms with van der Waals surface area (Å²) in [6.07, 6.45) is -2.26. The van der Waals surface area contributed by atoms with Gasteiger partial charge in [0.2, 0.25) is 0 Å². The van der Waals surface area contributed by atoms with Crippen molar-refractivity contribution >= 4 is 15.9 Å². The van der Waals surface area contributed by atoms with Gasteiger partial charge >= 0.3 is 0 Å². The molecule has 0 amide bonds. The Morgan fingerprint density at radius 2 is 2.00 bits per heavy atom. The molecule has 14 heavy (non-hydrogen) atoms. The largest absolute Gasteiger partial charge is 0.271 e. The van der Waals surface area contributed by atoms with Gasteiger partial charge in [-0.05, 0) is 18.1 Å². The van der Waals surface area contributed by atoms with Crippen LogP contribution in [0.15, 0.2) is 28.7 Å². The quantitative estimate of drug-likeness (QED) is 0.646. The first-order chi connectivity index (χ1) is 6.65. The zero-order valence-corrected chi connectivity index (χ0v) is 8.97. The van der Waals surface area contributed by atoms with E-state index in [-0.39, 0.29) is 6.42 Å². The van der Waals surface area contributed by atoms with Crippen molar-refractivity contribution < 1.29 is 8.78 Å². The molecule has 1 unspecified atom stereocenters. The molecule has 1 rings (SSSR count). The third-order valence-electron chi connectivity index (χ3n) is 1.92. The predicted molar refractivity (Wildman–Crippen MR) is 55.0 cm³/mol. The van der Waals surface area contributed by atoms with Gasteiger partial charge in [-0.3, -0.25) is 11.3 Å². The van der Waals surface area contributed by atoms with Crippen LogP contribution in [0.25, 0.3) is 0 Å². The summed E-state index contributed by atoms with van der Waals surface area (Å²) in [5, 5.41) is 0. The topological polar surface area (TPSA) is 38.0 Å². The van der Waals surface area contributed by atoms with Crippen LogP contribution in [0.4, 0.5) is 8.78 Å². The molecule has 1 aromatic carbocycles. The standard InChI is InChI=1S/C9H11BrF2N2/c10-7-4-2-1-3-6(7)5-8(14-13)9(11)12/h1-4,8-9,14H,5,13H2. The number of rotatable bonds is 4. The zero-order chi connectivity index (χ0) is 10.6. The van der Waals surface area contributed by atoms with Crippen molar-refractivity contribution in [2.75, 3.05) is 0 Å². The number of hydrogen-bond donors (Lipinski definition) is 2. The van der Waals surface area contributed by atoms with Gasteiger partial charge in [0.15, 0.2) is 0 Å². The first kappa shape index (κ1) is 11.6. The van der Waals surface area contributed by atoms with Gasteiger partial charge in [0.05, 0.1) is 6.04 Å². The molecule has 0 spiro atoms. The van der Waals surface area contributed by atoms with Crippen LogP contribution in [0, 0.1) is 0 Å². The van der Waals surface area contributed by atoms with Crippen molar-refractivity contribution in [1.29, 1.82) is 0 Å². The van der Waals surface area contributed by atoms with Crippen LogP contribution in [0.1, 0.15) is 5.56 Å². The summed E-state index contributed by atoms with van der Waals surface area (Å²) in [7, 11) is 0. The summed E-state index contributed by atoms with van der Waals surface area (Å²) in [4.78, 5) is 0. The van der Waals surface area contributed by atoms with E-state index in [1.807, 2.05) is 12.1 Å². The summed E-state index contributed by atoms with van der Waals surface area (Å²) < 4.78 is 25.5. The fraction of sp³-hybridized carbons (Fsp3) is 0.333. The highest BCUT2D eigenvalue weighted by atomic mass is 79.9. The maximum absolute atomic E-state index is 12.4. The number of nitrogens with two attached hydrogens (primary N) is 1. The minimum absolute atomic E-state index is 0.204. The Kier molecular flexibility index (Phi) is 4.44. The van der Waals surface area contributed by atoms with Crippen LogP contribution in [0.2, 0.25) is 0 Å². The molecule has 0 heterocycles. The van der Waals surface area contributed by atoms with Gasteiger partial charge in [-0.15, -0.1) is 0 Å². The monoisotopic (exact) mass is 264 g/mol. The smallest absolute Gasteiger partial charge is 0.255 e. The van der Waals surface area contributed by atoms with E-state index in [2.05, 4.69) is 21.4 Å². The highest BCUT2D eigenvalue weighted by molar-refractivity contribution is 9.10. The molecule has 1 atom stereocenters.